The van der Waals surface area contributed by atoms with Crippen molar-refractivity contribution in [2.45, 2.75) is 33.8 Å². The van der Waals surface area contributed by atoms with Crippen LogP contribution in [0.1, 0.15) is 32.8 Å². The highest BCUT2D eigenvalue weighted by Crippen LogP contribution is 2.22. The van der Waals surface area contributed by atoms with Crippen molar-refractivity contribution >= 4 is 5.78 Å². The fourth-order valence-electron chi connectivity index (χ4n) is 1.89. The van der Waals surface area contributed by atoms with E-state index in [4.69, 9.17) is 4.74 Å². The highest BCUT2D eigenvalue weighted by atomic mass is 16.5. The number of hydrogen-bond donors (Lipinski definition) is 0. The zero-order chi connectivity index (χ0) is 13.4. The van der Waals surface area contributed by atoms with E-state index in [9.17, 15) is 4.79 Å². The number of carbonyl (C=O) groups excluding carboxylic acids is 1. The topological polar surface area (TPSA) is 26.3 Å². The number of ether oxygens (including phenoxy) is 1. The van der Waals surface area contributed by atoms with E-state index in [0.717, 1.165) is 0 Å². The Morgan fingerprint density at radius 1 is 1.28 bits per heavy atom. The summed E-state index contributed by atoms with van der Waals surface area (Å²) in [6.07, 6.45) is 4.62. The van der Waals surface area contributed by atoms with Crippen molar-refractivity contribution < 1.29 is 9.53 Å². The molecule has 98 valence electrons. The van der Waals surface area contributed by atoms with Gasteiger partial charge < -0.3 is 4.74 Å². The number of carbonyl (C=O) groups is 1. The summed E-state index contributed by atoms with van der Waals surface area (Å²) < 4.78 is 5.55. The van der Waals surface area contributed by atoms with Gasteiger partial charge in [-0.1, -0.05) is 56.3 Å². The summed E-state index contributed by atoms with van der Waals surface area (Å²) in [4.78, 5) is 11.1. The molecule has 0 aliphatic rings. The highest BCUT2D eigenvalue weighted by molar-refractivity contribution is 5.76. The highest BCUT2D eigenvalue weighted by Gasteiger charge is 2.15. The van der Waals surface area contributed by atoms with E-state index < -0.39 is 0 Å². The molecule has 0 atom stereocenters. The van der Waals surface area contributed by atoms with Crippen LogP contribution in [0.25, 0.3) is 0 Å². The average Bonchev–Trinajstić information content (AvgIpc) is 2.28. The third-order valence-corrected chi connectivity index (χ3v) is 2.60. The maximum atomic E-state index is 11.1. The van der Waals surface area contributed by atoms with Crippen molar-refractivity contribution in [1.82, 2.24) is 0 Å². The number of benzene rings is 1. The number of ketones is 1. The molecule has 0 aliphatic carbocycles. The molecule has 1 aromatic rings. The first-order chi connectivity index (χ1) is 8.49. The number of rotatable bonds is 7. The first kappa shape index (κ1) is 14.7. The molecule has 0 heterocycles. The summed E-state index contributed by atoms with van der Waals surface area (Å²) in [5.41, 5.74) is 1.09. The maximum Gasteiger partial charge on any atom is 0.130 e. The lowest BCUT2D eigenvalue weighted by molar-refractivity contribution is -0.118. The van der Waals surface area contributed by atoms with Gasteiger partial charge in [0.15, 0.2) is 0 Å². The predicted molar refractivity (Wildman–Crippen MR) is 74.3 cm³/mol. The first-order valence-corrected chi connectivity index (χ1v) is 6.28. The Morgan fingerprint density at radius 3 is 2.56 bits per heavy atom. The molecular weight excluding hydrogens is 224 g/mol. The third-order valence-electron chi connectivity index (χ3n) is 2.60. The van der Waals surface area contributed by atoms with Crippen LogP contribution < -0.4 is 0 Å². The molecule has 0 unspecified atom stereocenters. The zero-order valence-corrected chi connectivity index (χ0v) is 11.5. The lowest BCUT2D eigenvalue weighted by Gasteiger charge is -2.17. The van der Waals surface area contributed by atoms with Crippen LogP contribution in [0.5, 0.6) is 0 Å². The van der Waals surface area contributed by atoms with E-state index in [1.165, 1.54) is 5.56 Å². The van der Waals surface area contributed by atoms with Crippen LogP contribution in [0.3, 0.4) is 0 Å². The average molecular weight is 246 g/mol. The van der Waals surface area contributed by atoms with Crippen molar-refractivity contribution in [3.8, 4) is 0 Å². The Morgan fingerprint density at radius 2 is 1.94 bits per heavy atom. The van der Waals surface area contributed by atoms with Gasteiger partial charge in [0.05, 0.1) is 13.2 Å². The van der Waals surface area contributed by atoms with Crippen LogP contribution in [-0.4, -0.2) is 12.4 Å². The molecule has 0 aromatic heterocycles. The molecule has 2 heteroatoms. The smallest absolute Gasteiger partial charge is 0.130 e. The minimum atomic E-state index is -0.0814. The Hall–Kier alpha value is -1.41. The van der Waals surface area contributed by atoms with Crippen LogP contribution in [0, 0.1) is 5.41 Å². The fraction of sp³-hybridized carbons (Fsp3) is 0.438. The Balaban J connectivity index is 2.27. The van der Waals surface area contributed by atoms with Gasteiger partial charge in [0.2, 0.25) is 0 Å². The largest absolute Gasteiger partial charge is 0.373 e. The lowest BCUT2D eigenvalue weighted by Crippen LogP contribution is -2.12. The van der Waals surface area contributed by atoms with Gasteiger partial charge in [0.1, 0.15) is 5.78 Å². The van der Waals surface area contributed by atoms with Gasteiger partial charge >= 0.3 is 0 Å². The van der Waals surface area contributed by atoms with Gasteiger partial charge in [-0.05, 0) is 17.9 Å². The van der Waals surface area contributed by atoms with Gasteiger partial charge in [-0.25, -0.2) is 0 Å². The van der Waals surface area contributed by atoms with Crippen LogP contribution in [-0.2, 0) is 16.1 Å². The molecule has 1 aromatic carbocycles. The summed E-state index contributed by atoms with van der Waals surface area (Å²) in [5.74, 6) is 0.217. The Kier molecular flexibility index (Phi) is 5.79. The number of allylic oxidation sites excluding steroid dienone is 1. The monoisotopic (exact) mass is 246 g/mol. The van der Waals surface area contributed by atoms with Gasteiger partial charge in [-0.15, -0.1) is 0 Å². The van der Waals surface area contributed by atoms with Crippen molar-refractivity contribution in [1.29, 1.82) is 0 Å². The second-order valence-corrected chi connectivity index (χ2v) is 5.27. The minimum absolute atomic E-state index is 0.0814. The number of hydrogen-bond acceptors (Lipinski definition) is 2. The normalized spacial score (nSPS) is 11.9. The third kappa shape index (κ3) is 6.36. The summed E-state index contributed by atoms with van der Waals surface area (Å²) in [6.45, 7) is 6.94. The standard InChI is InChI=1S/C16H22O2/c1-14(17)12-16(2,3)10-7-11-18-13-15-8-5-4-6-9-15/h4-10H,11-13H2,1-3H3/b10-7+. The van der Waals surface area contributed by atoms with Crippen LogP contribution >= 0.6 is 0 Å². The van der Waals surface area contributed by atoms with Crippen molar-refractivity contribution in [3.63, 3.8) is 0 Å². The SMILES string of the molecule is CC(=O)CC(C)(C)/C=C/COCc1ccccc1. The Bertz CT molecular complexity index is 391. The lowest BCUT2D eigenvalue weighted by atomic mass is 9.87. The Labute approximate surface area is 110 Å². The molecule has 0 saturated heterocycles. The summed E-state index contributed by atoms with van der Waals surface area (Å²) in [6, 6.07) is 10.1. The van der Waals surface area contributed by atoms with E-state index >= 15 is 0 Å². The molecular formula is C16H22O2. The quantitative estimate of drug-likeness (QED) is 0.541. The predicted octanol–water partition coefficient (Wildman–Crippen LogP) is 3.76. The minimum Gasteiger partial charge on any atom is -0.373 e. The maximum absolute atomic E-state index is 11.1. The molecule has 0 bridgehead atoms. The van der Waals surface area contributed by atoms with Crippen LogP contribution in [0.4, 0.5) is 0 Å². The second kappa shape index (κ2) is 7.12. The molecule has 0 spiro atoms. The zero-order valence-electron chi connectivity index (χ0n) is 11.5. The van der Waals surface area contributed by atoms with E-state index in [1.807, 2.05) is 36.4 Å². The fourth-order valence-corrected chi connectivity index (χ4v) is 1.89. The van der Waals surface area contributed by atoms with E-state index in [1.54, 1.807) is 6.92 Å². The van der Waals surface area contributed by atoms with Crippen LogP contribution in [0.15, 0.2) is 42.5 Å². The molecule has 1 rings (SSSR count). The number of Topliss-reactive ketones (excluding diaryl/α,β-unsaturated/α-hetero) is 1. The molecule has 0 fully saturated rings. The van der Waals surface area contributed by atoms with Crippen molar-refractivity contribution in [2.75, 3.05) is 6.61 Å². The summed E-state index contributed by atoms with van der Waals surface area (Å²) in [7, 11) is 0. The molecule has 0 aliphatic heterocycles. The summed E-state index contributed by atoms with van der Waals surface area (Å²) in [5, 5.41) is 0. The van der Waals surface area contributed by atoms with Gasteiger partial charge in [-0.3, -0.25) is 4.79 Å². The molecule has 18 heavy (non-hydrogen) atoms. The second-order valence-electron chi connectivity index (χ2n) is 5.27. The van der Waals surface area contributed by atoms with Gasteiger partial charge in [0, 0.05) is 6.42 Å². The molecule has 0 saturated carbocycles. The van der Waals surface area contributed by atoms with Crippen molar-refractivity contribution in [3.05, 3.63) is 48.0 Å². The molecule has 0 N–H and O–H groups in total. The van der Waals surface area contributed by atoms with Gasteiger partial charge in [-0.2, -0.15) is 0 Å². The molecule has 2 nitrogen and oxygen atoms in total. The first-order valence-electron chi connectivity index (χ1n) is 6.28. The summed E-state index contributed by atoms with van der Waals surface area (Å²) >= 11 is 0. The van der Waals surface area contributed by atoms with E-state index in [0.29, 0.717) is 19.6 Å². The molecule has 0 amide bonds. The molecule has 0 radical (unpaired) electrons. The van der Waals surface area contributed by atoms with E-state index in [2.05, 4.69) is 19.9 Å². The van der Waals surface area contributed by atoms with Gasteiger partial charge in [0.25, 0.3) is 0 Å². The van der Waals surface area contributed by atoms with E-state index in [-0.39, 0.29) is 11.2 Å². The van der Waals surface area contributed by atoms with Crippen molar-refractivity contribution in [2.24, 2.45) is 5.41 Å². The van der Waals surface area contributed by atoms with Crippen LogP contribution in [0.2, 0.25) is 0 Å².